The predicted molar refractivity (Wildman–Crippen MR) is 135 cm³/mol. The highest BCUT2D eigenvalue weighted by atomic mass is 19.4. The summed E-state index contributed by atoms with van der Waals surface area (Å²) in [6.45, 7) is 1.53. The standard InChI is InChI=1S/C27H24F4N8O/c28-22-19(2-1-3-21(22)27(29,30)31)25(40)38-10-8-37(9-11-38)18-12-26(13-18,5-6-32)39-15-17(14-36-39)23-20-4-7-33-24(20)35-16-34-23/h1-4,7,14-16,18H,5,8-13H2,(H,33,34,35)/t18-,26-. The third-order valence-corrected chi connectivity index (χ3v) is 7.99. The van der Waals surface area contributed by atoms with Gasteiger partial charge in [0.1, 0.15) is 17.8 Å². The molecule has 3 aromatic heterocycles. The highest BCUT2D eigenvalue weighted by molar-refractivity contribution is 5.95. The Labute approximate surface area is 226 Å². The van der Waals surface area contributed by atoms with Crippen molar-refractivity contribution in [3.8, 4) is 17.3 Å². The van der Waals surface area contributed by atoms with Crippen molar-refractivity contribution in [2.24, 2.45) is 0 Å². The summed E-state index contributed by atoms with van der Waals surface area (Å²) in [5.41, 5.74) is -0.202. The molecule has 1 aromatic carbocycles. The molecule has 2 fully saturated rings. The second kappa shape index (κ2) is 9.71. The number of benzene rings is 1. The van der Waals surface area contributed by atoms with Gasteiger partial charge in [0.15, 0.2) is 0 Å². The fourth-order valence-electron chi connectivity index (χ4n) is 5.82. The van der Waals surface area contributed by atoms with E-state index in [0.717, 1.165) is 34.4 Å². The Morgan fingerprint density at radius 1 is 1.15 bits per heavy atom. The van der Waals surface area contributed by atoms with Crippen molar-refractivity contribution in [2.75, 3.05) is 26.2 Å². The average Bonchev–Trinajstić information content (AvgIpc) is 3.60. The fourth-order valence-corrected chi connectivity index (χ4v) is 5.82. The molecule has 0 spiro atoms. The summed E-state index contributed by atoms with van der Waals surface area (Å²) < 4.78 is 55.6. The van der Waals surface area contributed by atoms with Gasteiger partial charge in [-0.2, -0.15) is 23.5 Å². The maximum absolute atomic E-state index is 14.5. The minimum Gasteiger partial charge on any atom is -0.346 e. The van der Waals surface area contributed by atoms with Crippen molar-refractivity contribution in [1.29, 1.82) is 5.26 Å². The van der Waals surface area contributed by atoms with Gasteiger partial charge in [0, 0.05) is 55.6 Å². The maximum Gasteiger partial charge on any atom is 0.419 e. The number of nitriles is 1. The molecule has 2 aliphatic rings. The van der Waals surface area contributed by atoms with Gasteiger partial charge < -0.3 is 9.88 Å². The van der Waals surface area contributed by atoms with Crippen LogP contribution in [0, 0.1) is 17.1 Å². The second-order valence-corrected chi connectivity index (χ2v) is 10.3. The molecule has 0 unspecified atom stereocenters. The lowest BCUT2D eigenvalue weighted by Gasteiger charge is -2.52. The molecular formula is C27H24F4N8O. The van der Waals surface area contributed by atoms with E-state index in [0.29, 0.717) is 32.0 Å². The first-order valence-electron chi connectivity index (χ1n) is 12.8. The number of aromatic nitrogens is 5. The number of hydrogen-bond donors (Lipinski definition) is 1. The van der Waals surface area contributed by atoms with Crippen molar-refractivity contribution in [3.63, 3.8) is 0 Å². The van der Waals surface area contributed by atoms with Crippen molar-refractivity contribution in [1.82, 2.24) is 34.5 Å². The first kappa shape index (κ1) is 25.9. The van der Waals surface area contributed by atoms with E-state index in [1.807, 2.05) is 16.9 Å². The van der Waals surface area contributed by atoms with E-state index in [2.05, 4.69) is 31.0 Å². The zero-order valence-electron chi connectivity index (χ0n) is 21.2. The summed E-state index contributed by atoms with van der Waals surface area (Å²) in [5, 5.41) is 15.0. The lowest BCUT2D eigenvalue weighted by Crippen LogP contribution is -2.60. The SMILES string of the molecule is N#CC[C@]1(n2cc(-c3ncnc4[nH]ccc34)cn2)C[C@H](N2CCN(C(=O)c3cccc(C(F)(F)F)c3F)CC2)C1. The monoisotopic (exact) mass is 552 g/mol. The molecule has 1 amide bonds. The number of carbonyl (C=O) groups excluding carboxylic acids is 1. The molecule has 0 bridgehead atoms. The van der Waals surface area contributed by atoms with Crippen LogP contribution in [0.4, 0.5) is 17.6 Å². The number of hydrogen-bond acceptors (Lipinski definition) is 6. The molecule has 0 atom stereocenters. The van der Waals surface area contributed by atoms with Crippen LogP contribution in [0.5, 0.6) is 0 Å². The predicted octanol–water partition coefficient (Wildman–Crippen LogP) is 4.21. The summed E-state index contributed by atoms with van der Waals surface area (Å²) in [6.07, 6.45) is 3.69. The van der Waals surface area contributed by atoms with Gasteiger partial charge in [-0.3, -0.25) is 14.4 Å². The Morgan fingerprint density at radius 3 is 2.65 bits per heavy atom. The number of rotatable bonds is 5. The van der Waals surface area contributed by atoms with Crippen molar-refractivity contribution in [3.05, 3.63) is 66.1 Å². The van der Waals surface area contributed by atoms with Gasteiger partial charge in [-0.15, -0.1) is 0 Å². The molecule has 4 aromatic rings. The first-order valence-corrected chi connectivity index (χ1v) is 12.8. The van der Waals surface area contributed by atoms with E-state index >= 15 is 0 Å². The molecule has 9 nitrogen and oxygen atoms in total. The largest absolute Gasteiger partial charge is 0.419 e. The normalized spacial score (nSPS) is 21.8. The number of carbonyl (C=O) groups is 1. The van der Waals surface area contributed by atoms with Crippen LogP contribution < -0.4 is 0 Å². The molecule has 6 rings (SSSR count). The molecular weight excluding hydrogens is 528 g/mol. The molecule has 206 valence electrons. The topological polar surface area (TPSA) is 107 Å². The number of halogens is 4. The zero-order valence-corrected chi connectivity index (χ0v) is 21.2. The highest BCUT2D eigenvalue weighted by Crippen LogP contribution is 2.45. The fraction of sp³-hybridized carbons (Fsp3) is 0.370. The molecule has 1 aliphatic heterocycles. The molecule has 1 aliphatic carbocycles. The van der Waals surface area contributed by atoms with Crippen molar-refractivity contribution < 1.29 is 22.4 Å². The quantitative estimate of drug-likeness (QED) is 0.372. The van der Waals surface area contributed by atoms with Crippen LogP contribution >= 0.6 is 0 Å². The lowest BCUT2D eigenvalue weighted by atomic mass is 9.70. The van der Waals surface area contributed by atoms with Crippen LogP contribution in [0.25, 0.3) is 22.3 Å². The number of alkyl halides is 3. The van der Waals surface area contributed by atoms with Crippen molar-refractivity contribution >= 4 is 16.9 Å². The average molecular weight is 553 g/mol. The van der Waals surface area contributed by atoms with E-state index in [1.54, 1.807) is 12.4 Å². The Hall–Kier alpha value is -4.31. The number of amides is 1. The van der Waals surface area contributed by atoms with E-state index < -0.39 is 34.6 Å². The van der Waals surface area contributed by atoms with E-state index in [1.165, 1.54) is 11.2 Å². The van der Waals surface area contributed by atoms with Gasteiger partial charge in [0.2, 0.25) is 0 Å². The third kappa shape index (κ3) is 4.38. The number of nitrogens with one attached hydrogen (secondary N) is 1. The molecule has 13 heteroatoms. The molecule has 4 heterocycles. The molecule has 1 N–H and O–H groups in total. The van der Waals surface area contributed by atoms with Gasteiger partial charge in [0.25, 0.3) is 5.91 Å². The molecule has 1 saturated carbocycles. The van der Waals surface area contributed by atoms with Crippen molar-refractivity contribution in [2.45, 2.75) is 37.0 Å². The minimum atomic E-state index is -4.88. The maximum atomic E-state index is 14.5. The summed E-state index contributed by atoms with van der Waals surface area (Å²) in [7, 11) is 0. The van der Waals surface area contributed by atoms with Crippen LogP contribution in [0.3, 0.4) is 0 Å². The van der Waals surface area contributed by atoms with Crippen LogP contribution in [-0.2, 0) is 11.7 Å². The third-order valence-electron chi connectivity index (χ3n) is 7.99. The first-order chi connectivity index (χ1) is 19.2. The summed E-state index contributed by atoms with van der Waals surface area (Å²) in [6, 6.07) is 7.10. The Balaban J connectivity index is 1.12. The zero-order chi connectivity index (χ0) is 28.1. The Morgan fingerprint density at radius 2 is 1.93 bits per heavy atom. The summed E-state index contributed by atoms with van der Waals surface area (Å²) in [5.74, 6) is -2.29. The van der Waals surface area contributed by atoms with E-state index in [4.69, 9.17) is 0 Å². The second-order valence-electron chi connectivity index (χ2n) is 10.3. The Bertz CT molecular complexity index is 1610. The number of nitrogens with zero attached hydrogens (tertiary/aromatic N) is 7. The number of H-pyrrole nitrogens is 1. The molecule has 0 radical (unpaired) electrons. The number of fused-ring (bicyclic) bond motifs is 1. The van der Waals surface area contributed by atoms with Gasteiger partial charge >= 0.3 is 6.18 Å². The van der Waals surface area contributed by atoms with Crippen LogP contribution in [-0.4, -0.2) is 72.7 Å². The van der Waals surface area contributed by atoms with Gasteiger partial charge in [-0.25, -0.2) is 14.4 Å². The number of aromatic amines is 1. The summed E-state index contributed by atoms with van der Waals surface area (Å²) >= 11 is 0. The van der Waals surface area contributed by atoms with Crippen LogP contribution in [0.15, 0.2) is 49.2 Å². The van der Waals surface area contributed by atoms with Crippen LogP contribution in [0.2, 0.25) is 0 Å². The number of piperazine rings is 1. The molecule has 40 heavy (non-hydrogen) atoms. The highest BCUT2D eigenvalue weighted by Gasteiger charge is 2.49. The smallest absolute Gasteiger partial charge is 0.346 e. The minimum absolute atomic E-state index is 0.152. The van der Waals surface area contributed by atoms with E-state index in [-0.39, 0.29) is 25.6 Å². The van der Waals surface area contributed by atoms with Gasteiger partial charge in [0.05, 0.1) is 41.0 Å². The Kier molecular flexibility index (Phi) is 6.29. The van der Waals surface area contributed by atoms with Gasteiger partial charge in [-0.05, 0) is 31.0 Å². The molecule has 1 saturated heterocycles. The van der Waals surface area contributed by atoms with E-state index in [9.17, 15) is 27.6 Å². The van der Waals surface area contributed by atoms with Crippen LogP contribution in [0.1, 0.15) is 35.2 Å². The lowest BCUT2D eigenvalue weighted by molar-refractivity contribution is -0.140. The van der Waals surface area contributed by atoms with Gasteiger partial charge in [-0.1, -0.05) is 6.07 Å². The summed E-state index contributed by atoms with van der Waals surface area (Å²) in [4.78, 5) is 28.2.